The molecule has 0 amide bonds. The molecule has 0 atom stereocenters. The van der Waals surface area contributed by atoms with E-state index in [0.717, 1.165) is 35.8 Å². The zero-order valence-corrected chi connectivity index (χ0v) is 9.95. The van der Waals surface area contributed by atoms with Gasteiger partial charge in [-0.1, -0.05) is 6.92 Å². The largest absolute Gasteiger partial charge is 0.478 e. The molecule has 1 saturated heterocycles. The maximum absolute atomic E-state index is 11.1. The molecule has 0 radical (unpaired) electrons. The maximum Gasteiger partial charge on any atom is 0.336 e. The maximum atomic E-state index is 11.1. The summed E-state index contributed by atoms with van der Waals surface area (Å²) in [6, 6.07) is 3.87. The fraction of sp³-hybridized carbons (Fsp3) is 0.462. The van der Waals surface area contributed by atoms with E-state index in [1.807, 2.05) is 13.8 Å². The van der Waals surface area contributed by atoms with Gasteiger partial charge in [0, 0.05) is 18.8 Å². The van der Waals surface area contributed by atoms with Crippen molar-refractivity contribution in [2.24, 2.45) is 5.92 Å². The van der Waals surface area contributed by atoms with Gasteiger partial charge in [0.2, 0.25) is 0 Å². The molecule has 0 bridgehead atoms. The van der Waals surface area contributed by atoms with Crippen LogP contribution in [0.2, 0.25) is 0 Å². The first-order valence-electron chi connectivity index (χ1n) is 5.58. The predicted molar refractivity (Wildman–Crippen MR) is 64.3 cm³/mol. The number of nitrogens with zero attached hydrogens (tertiary/aromatic N) is 1. The topological polar surface area (TPSA) is 40.5 Å². The molecule has 86 valence electrons. The van der Waals surface area contributed by atoms with Gasteiger partial charge in [-0.25, -0.2) is 4.79 Å². The Balaban J connectivity index is 2.37. The molecule has 0 aromatic heterocycles. The zero-order chi connectivity index (χ0) is 11.9. The fourth-order valence-electron chi connectivity index (χ4n) is 2.15. The van der Waals surface area contributed by atoms with Gasteiger partial charge in [0.25, 0.3) is 0 Å². The van der Waals surface area contributed by atoms with Crippen molar-refractivity contribution >= 4 is 11.7 Å². The summed E-state index contributed by atoms with van der Waals surface area (Å²) >= 11 is 0. The number of carboxylic acid groups (broad SMARTS) is 1. The van der Waals surface area contributed by atoms with Gasteiger partial charge in [0.1, 0.15) is 0 Å². The number of benzene rings is 1. The number of carbonyl (C=O) groups is 1. The van der Waals surface area contributed by atoms with Gasteiger partial charge in [0.15, 0.2) is 0 Å². The second-order valence-electron chi connectivity index (χ2n) is 4.75. The first-order valence-corrected chi connectivity index (χ1v) is 5.58. The van der Waals surface area contributed by atoms with Gasteiger partial charge in [-0.05, 0) is 43.0 Å². The van der Waals surface area contributed by atoms with Crippen LogP contribution in [-0.2, 0) is 0 Å². The molecule has 3 nitrogen and oxygen atoms in total. The molecule has 1 aromatic carbocycles. The highest BCUT2D eigenvalue weighted by atomic mass is 16.4. The van der Waals surface area contributed by atoms with Crippen molar-refractivity contribution in [2.75, 3.05) is 18.0 Å². The minimum Gasteiger partial charge on any atom is -0.478 e. The Morgan fingerprint density at radius 3 is 2.50 bits per heavy atom. The van der Waals surface area contributed by atoms with Crippen LogP contribution in [-0.4, -0.2) is 24.2 Å². The molecule has 1 heterocycles. The van der Waals surface area contributed by atoms with Crippen LogP contribution in [0.5, 0.6) is 0 Å². The summed E-state index contributed by atoms with van der Waals surface area (Å²) in [5.41, 5.74) is 3.38. The van der Waals surface area contributed by atoms with Crippen LogP contribution >= 0.6 is 0 Å². The lowest BCUT2D eigenvalue weighted by molar-refractivity contribution is 0.0696. The SMILES string of the molecule is Cc1cc(N2CC(C)C2)cc(C(=O)O)c1C. The van der Waals surface area contributed by atoms with Gasteiger partial charge in [-0.2, -0.15) is 0 Å². The smallest absolute Gasteiger partial charge is 0.336 e. The molecule has 1 aliphatic rings. The summed E-state index contributed by atoms with van der Waals surface area (Å²) in [5, 5.41) is 9.12. The average Bonchev–Trinajstić information content (AvgIpc) is 2.17. The zero-order valence-electron chi connectivity index (χ0n) is 9.95. The molecule has 1 aliphatic heterocycles. The van der Waals surface area contributed by atoms with Crippen LogP contribution in [0.1, 0.15) is 28.4 Å². The normalized spacial score (nSPS) is 16.1. The van der Waals surface area contributed by atoms with Crippen molar-refractivity contribution in [3.63, 3.8) is 0 Å². The highest BCUT2D eigenvalue weighted by molar-refractivity contribution is 5.91. The molecular weight excluding hydrogens is 202 g/mol. The molecule has 1 aromatic rings. The molecule has 1 N–H and O–H groups in total. The quantitative estimate of drug-likeness (QED) is 0.830. The Hall–Kier alpha value is -1.51. The van der Waals surface area contributed by atoms with E-state index in [0.29, 0.717) is 5.56 Å². The first-order chi connectivity index (χ1) is 7.49. The number of aromatic carboxylic acids is 1. The van der Waals surface area contributed by atoms with Crippen molar-refractivity contribution in [1.29, 1.82) is 0 Å². The summed E-state index contributed by atoms with van der Waals surface area (Å²) in [7, 11) is 0. The first kappa shape index (κ1) is 11.0. The number of anilines is 1. The number of aryl methyl sites for hydroxylation is 1. The van der Waals surface area contributed by atoms with Crippen molar-refractivity contribution < 1.29 is 9.90 Å². The highest BCUT2D eigenvalue weighted by Gasteiger charge is 2.24. The van der Waals surface area contributed by atoms with Gasteiger partial charge < -0.3 is 10.0 Å². The molecule has 1 fully saturated rings. The van der Waals surface area contributed by atoms with E-state index in [9.17, 15) is 4.79 Å². The van der Waals surface area contributed by atoms with E-state index >= 15 is 0 Å². The van der Waals surface area contributed by atoms with Crippen LogP contribution < -0.4 is 4.90 Å². The van der Waals surface area contributed by atoms with Crippen LogP contribution in [0.25, 0.3) is 0 Å². The summed E-state index contributed by atoms with van der Waals surface area (Å²) in [4.78, 5) is 13.3. The number of rotatable bonds is 2. The van der Waals surface area contributed by atoms with Gasteiger partial charge in [0.05, 0.1) is 5.56 Å². The number of carboxylic acids is 1. The monoisotopic (exact) mass is 219 g/mol. The lowest BCUT2D eigenvalue weighted by Gasteiger charge is -2.39. The molecule has 2 rings (SSSR count). The van der Waals surface area contributed by atoms with E-state index in [1.54, 1.807) is 6.07 Å². The molecule has 0 saturated carbocycles. The fourth-order valence-corrected chi connectivity index (χ4v) is 2.15. The Labute approximate surface area is 95.7 Å². The summed E-state index contributed by atoms with van der Waals surface area (Å²) in [6.45, 7) is 8.09. The second kappa shape index (κ2) is 3.81. The standard InChI is InChI=1S/C13H17NO2/c1-8-6-14(7-8)11-4-9(2)10(3)12(5-11)13(15)16/h4-5,8H,6-7H2,1-3H3,(H,15,16). The lowest BCUT2D eigenvalue weighted by atomic mass is 9.97. The number of hydrogen-bond acceptors (Lipinski definition) is 2. The minimum absolute atomic E-state index is 0.426. The third kappa shape index (κ3) is 1.77. The Kier molecular flexibility index (Phi) is 2.62. The van der Waals surface area contributed by atoms with Gasteiger partial charge >= 0.3 is 5.97 Å². The van der Waals surface area contributed by atoms with Gasteiger partial charge in [-0.15, -0.1) is 0 Å². The molecule has 0 unspecified atom stereocenters. The average molecular weight is 219 g/mol. The Morgan fingerprint density at radius 1 is 1.38 bits per heavy atom. The molecule has 16 heavy (non-hydrogen) atoms. The third-order valence-corrected chi connectivity index (χ3v) is 3.31. The predicted octanol–water partition coefficient (Wildman–Crippen LogP) is 2.46. The molecular formula is C13H17NO2. The lowest BCUT2D eigenvalue weighted by Crippen LogP contribution is -2.45. The van der Waals surface area contributed by atoms with Crippen LogP contribution in [0.15, 0.2) is 12.1 Å². The molecule has 3 heteroatoms. The van der Waals surface area contributed by atoms with Crippen LogP contribution in [0.4, 0.5) is 5.69 Å². The van der Waals surface area contributed by atoms with Crippen LogP contribution in [0.3, 0.4) is 0 Å². The number of hydrogen-bond donors (Lipinski definition) is 1. The Bertz CT molecular complexity index is 434. The second-order valence-corrected chi connectivity index (χ2v) is 4.75. The summed E-state index contributed by atoms with van der Waals surface area (Å²) in [6.07, 6.45) is 0. The minimum atomic E-state index is -0.837. The van der Waals surface area contributed by atoms with E-state index < -0.39 is 5.97 Å². The van der Waals surface area contributed by atoms with E-state index in [1.165, 1.54) is 0 Å². The van der Waals surface area contributed by atoms with E-state index in [-0.39, 0.29) is 0 Å². The molecule has 0 spiro atoms. The summed E-state index contributed by atoms with van der Waals surface area (Å²) < 4.78 is 0. The Morgan fingerprint density at radius 2 is 2.00 bits per heavy atom. The van der Waals surface area contributed by atoms with Crippen molar-refractivity contribution in [3.8, 4) is 0 Å². The van der Waals surface area contributed by atoms with Crippen molar-refractivity contribution in [3.05, 3.63) is 28.8 Å². The summed E-state index contributed by atoms with van der Waals surface area (Å²) in [5.74, 6) is -0.120. The highest BCUT2D eigenvalue weighted by Crippen LogP contribution is 2.28. The van der Waals surface area contributed by atoms with Crippen LogP contribution in [0, 0.1) is 19.8 Å². The van der Waals surface area contributed by atoms with E-state index in [2.05, 4.69) is 17.9 Å². The van der Waals surface area contributed by atoms with Crippen molar-refractivity contribution in [1.82, 2.24) is 0 Å². The van der Waals surface area contributed by atoms with Crippen molar-refractivity contribution in [2.45, 2.75) is 20.8 Å². The third-order valence-electron chi connectivity index (χ3n) is 3.31. The molecule has 0 aliphatic carbocycles. The van der Waals surface area contributed by atoms with Gasteiger partial charge in [-0.3, -0.25) is 0 Å². The van der Waals surface area contributed by atoms with E-state index in [4.69, 9.17) is 5.11 Å².